The zero-order chi connectivity index (χ0) is 52.1. The number of amides is 4. The van der Waals surface area contributed by atoms with Crippen molar-refractivity contribution in [2.45, 2.75) is 122 Å². The van der Waals surface area contributed by atoms with E-state index >= 15 is 0 Å². The number of hydrogen-bond acceptors (Lipinski definition) is 8. The molecule has 6 aromatic rings. The van der Waals surface area contributed by atoms with Gasteiger partial charge in [0, 0.05) is 44.2 Å². The molecule has 2 heterocycles. The molecular formula is C63H67N3O7S. The molecule has 11 heteroatoms. The van der Waals surface area contributed by atoms with Crippen LogP contribution in [0.1, 0.15) is 138 Å². The maximum atomic E-state index is 13.7. The number of aliphatic carboxylic acids is 1. The normalized spacial score (nSPS) is 15.6. The summed E-state index contributed by atoms with van der Waals surface area (Å²) < 4.78 is 0. The molecule has 5 aromatic carbocycles. The highest BCUT2D eigenvalue weighted by atomic mass is 32.1. The summed E-state index contributed by atoms with van der Waals surface area (Å²) in [5.74, 6) is -3.08. The number of fused-ring (bicyclic) bond motifs is 6. The molecule has 74 heavy (non-hydrogen) atoms. The average molecular weight is 1010 g/mol. The molecule has 1 aliphatic heterocycles. The fraction of sp³-hybridized carbons (Fsp3) is 0.333. The number of rotatable bonds is 23. The predicted molar refractivity (Wildman–Crippen MR) is 297 cm³/mol. The second kappa shape index (κ2) is 22.3. The maximum absolute atomic E-state index is 13.7. The lowest BCUT2D eigenvalue weighted by Crippen LogP contribution is -2.56. The van der Waals surface area contributed by atoms with Crippen molar-refractivity contribution in [1.82, 2.24) is 9.80 Å². The zero-order valence-electron chi connectivity index (χ0n) is 43.1. The van der Waals surface area contributed by atoms with Crippen molar-refractivity contribution in [2.75, 3.05) is 18.1 Å². The molecule has 2 aliphatic carbocycles. The van der Waals surface area contributed by atoms with Crippen LogP contribution in [-0.4, -0.2) is 57.1 Å². The highest BCUT2D eigenvalue weighted by molar-refractivity contribution is 7.16. The van der Waals surface area contributed by atoms with E-state index in [9.17, 15) is 24.3 Å². The lowest BCUT2D eigenvalue weighted by atomic mass is 9.70. The van der Waals surface area contributed by atoms with Crippen molar-refractivity contribution in [2.24, 2.45) is 0 Å². The van der Waals surface area contributed by atoms with Crippen LogP contribution < -0.4 is 4.90 Å². The Hall–Kier alpha value is -6.92. The van der Waals surface area contributed by atoms with Gasteiger partial charge in [-0.05, 0) is 130 Å². The Morgan fingerprint density at radius 2 is 1.12 bits per heavy atom. The molecule has 0 atom stereocenters. The quantitative estimate of drug-likeness (QED) is 0.0281. The highest BCUT2D eigenvalue weighted by Gasteiger charge is 2.46. The Morgan fingerprint density at radius 3 is 1.61 bits per heavy atom. The van der Waals surface area contributed by atoms with E-state index < -0.39 is 43.4 Å². The number of benzene rings is 5. The van der Waals surface area contributed by atoms with Crippen LogP contribution in [0.25, 0.3) is 38.8 Å². The lowest BCUT2D eigenvalue weighted by molar-refractivity contribution is -0.236. The van der Waals surface area contributed by atoms with Gasteiger partial charge in [0.2, 0.25) is 0 Å². The number of anilines is 3. The van der Waals surface area contributed by atoms with Crippen LogP contribution in [-0.2, 0) is 30.1 Å². The van der Waals surface area contributed by atoms with Crippen LogP contribution in [0.15, 0.2) is 139 Å². The van der Waals surface area contributed by atoms with Crippen molar-refractivity contribution >= 4 is 58.3 Å². The Morgan fingerprint density at radius 1 is 0.635 bits per heavy atom. The molecule has 1 fully saturated rings. The number of nitrogens with zero attached hydrogens (tertiary/aromatic N) is 3. The first-order chi connectivity index (χ1) is 35.9. The molecule has 9 rings (SSSR count). The summed E-state index contributed by atoms with van der Waals surface area (Å²) in [6.45, 7) is 11.8. The Balaban J connectivity index is 1.15. The molecule has 1 aromatic heterocycles. The number of urea groups is 1. The van der Waals surface area contributed by atoms with Gasteiger partial charge in [0.25, 0.3) is 11.8 Å². The van der Waals surface area contributed by atoms with Gasteiger partial charge in [0.15, 0.2) is 0 Å². The first-order valence-corrected chi connectivity index (χ1v) is 27.3. The standard InChI is InChI=1S/C63H67N3O7S/c1-6-10-33-62(34-11-7-2)53-20-16-14-18-48(53)50-29-26-45(38-55(50)62)66(46-27-30-51-49-19-15-17-21-54(49)63(35-12-8-3,36-13-9-4)56(51)39-46)44-24-22-43(23-25-44)57-31-28-47(74-57)40-52-59(69)64(37-32-58(67)68)61(71)65(60(52)70)42(5)41-73-72/h14-31,38-40,72H,5-13,32-37,41H2,1-4H3,(H,67,68)/b52-40+. The number of carbonyl (C=O) groups is 4. The Labute approximate surface area is 439 Å². The molecule has 0 radical (unpaired) electrons. The fourth-order valence-corrected chi connectivity index (χ4v) is 12.9. The molecule has 2 N–H and O–H groups in total. The number of carboxylic acids is 1. The van der Waals surface area contributed by atoms with Crippen LogP contribution in [0.3, 0.4) is 0 Å². The van der Waals surface area contributed by atoms with Crippen LogP contribution >= 0.6 is 11.3 Å². The number of unbranched alkanes of at least 4 members (excludes halogenated alkanes) is 4. The SMILES string of the molecule is C=C(COO)N1C(=O)/C(=C/c2ccc(-c3ccc(N(c4ccc5c(c4)C(CCCC)(CCCC)c4ccccc4-5)c4ccc5c(c4)C(CCCC)(CCCC)c4ccccc4-5)cc3)s2)C(=O)N(CCC(=O)O)C1=O. The van der Waals surface area contributed by atoms with E-state index in [2.05, 4.69) is 153 Å². The van der Waals surface area contributed by atoms with Gasteiger partial charge in [-0.3, -0.25) is 24.5 Å². The van der Waals surface area contributed by atoms with Gasteiger partial charge < -0.3 is 10.0 Å². The molecule has 382 valence electrons. The van der Waals surface area contributed by atoms with E-state index in [0.717, 1.165) is 105 Å². The van der Waals surface area contributed by atoms with E-state index in [1.807, 2.05) is 6.07 Å². The van der Waals surface area contributed by atoms with Crippen LogP contribution in [0.5, 0.6) is 0 Å². The molecule has 1 saturated heterocycles. The second-order valence-electron chi connectivity index (χ2n) is 20.1. The minimum absolute atomic E-state index is 0.0933. The average Bonchev–Trinajstić information content (AvgIpc) is 4.09. The van der Waals surface area contributed by atoms with Crippen LogP contribution in [0.4, 0.5) is 21.9 Å². The molecular weight excluding hydrogens is 943 g/mol. The van der Waals surface area contributed by atoms with Gasteiger partial charge in [0.05, 0.1) is 12.1 Å². The number of carbonyl (C=O) groups excluding carboxylic acids is 3. The van der Waals surface area contributed by atoms with Gasteiger partial charge in [-0.15, -0.1) is 11.3 Å². The summed E-state index contributed by atoms with van der Waals surface area (Å²) in [5.41, 5.74) is 14.5. The van der Waals surface area contributed by atoms with E-state index in [-0.39, 0.29) is 22.1 Å². The van der Waals surface area contributed by atoms with Crippen LogP contribution in [0, 0.1) is 0 Å². The van der Waals surface area contributed by atoms with Gasteiger partial charge in [-0.2, -0.15) is 0 Å². The van der Waals surface area contributed by atoms with Crippen LogP contribution in [0.2, 0.25) is 0 Å². The molecule has 3 aliphatic rings. The monoisotopic (exact) mass is 1010 g/mol. The Kier molecular flexibility index (Phi) is 15.6. The smallest absolute Gasteiger partial charge is 0.338 e. The number of thiophene rings is 1. The summed E-state index contributed by atoms with van der Waals surface area (Å²) in [6.07, 6.45) is 14.3. The van der Waals surface area contributed by atoms with E-state index in [0.29, 0.717) is 14.7 Å². The summed E-state index contributed by atoms with van der Waals surface area (Å²) >= 11 is 1.37. The number of carboxylic acid groups (broad SMARTS) is 1. The molecule has 0 bridgehead atoms. The third kappa shape index (κ3) is 9.46. The van der Waals surface area contributed by atoms with E-state index in [4.69, 9.17) is 5.26 Å². The van der Waals surface area contributed by atoms with Crippen molar-refractivity contribution in [3.8, 4) is 32.7 Å². The van der Waals surface area contributed by atoms with Crippen molar-refractivity contribution < 1.29 is 34.4 Å². The summed E-state index contributed by atoms with van der Waals surface area (Å²) in [7, 11) is 0. The van der Waals surface area contributed by atoms with Crippen molar-refractivity contribution in [3.63, 3.8) is 0 Å². The minimum atomic E-state index is -1.22. The lowest BCUT2D eigenvalue weighted by Gasteiger charge is -2.35. The Bertz CT molecular complexity index is 3000. The van der Waals surface area contributed by atoms with Crippen molar-refractivity contribution in [1.29, 1.82) is 0 Å². The highest BCUT2D eigenvalue weighted by Crippen LogP contribution is 2.58. The number of imide groups is 2. The summed E-state index contributed by atoms with van der Waals surface area (Å²) in [4.78, 5) is 61.6. The molecule has 0 unspecified atom stereocenters. The number of hydrogen-bond donors (Lipinski definition) is 2. The molecule has 4 amide bonds. The fourth-order valence-electron chi connectivity index (χ4n) is 12.0. The van der Waals surface area contributed by atoms with Gasteiger partial charge in [0.1, 0.15) is 12.2 Å². The number of barbiturate groups is 1. The topological polar surface area (TPSA) is 128 Å². The van der Waals surface area contributed by atoms with E-state index in [1.54, 1.807) is 6.07 Å². The van der Waals surface area contributed by atoms with Gasteiger partial charge in [-0.25, -0.2) is 14.6 Å². The second-order valence-corrected chi connectivity index (χ2v) is 21.3. The molecule has 0 spiro atoms. The third-order valence-corrected chi connectivity index (χ3v) is 16.7. The third-order valence-electron chi connectivity index (χ3n) is 15.6. The first-order valence-electron chi connectivity index (χ1n) is 26.5. The van der Waals surface area contributed by atoms with Crippen molar-refractivity contribution in [3.05, 3.63) is 166 Å². The summed E-state index contributed by atoms with van der Waals surface area (Å²) in [6, 6.07) is 43.7. The largest absolute Gasteiger partial charge is 0.481 e. The zero-order valence-corrected chi connectivity index (χ0v) is 43.9. The maximum Gasteiger partial charge on any atom is 0.338 e. The molecule has 0 saturated carbocycles. The van der Waals surface area contributed by atoms with Gasteiger partial charge in [-0.1, -0.05) is 158 Å². The van der Waals surface area contributed by atoms with E-state index in [1.165, 1.54) is 61.9 Å². The molecule has 10 nitrogen and oxygen atoms in total. The predicted octanol–water partition coefficient (Wildman–Crippen LogP) is 15.8. The first kappa shape index (κ1) is 52.0. The van der Waals surface area contributed by atoms with Gasteiger partial charge >= 0.3 is 12.0 Å². The summed E-state index contributed by atoms with van der Waals surface area (Å²) in [5, 5.41) is 18.5. The minimum Gasteiger partial charge on any atom is -0.481 e.